The Morgan fingerprint density at radius 1 is 1.05 bits per heavy atom. The summed E-state index contributed by atoms with van der Waals surface area (Å²) < 4.78 is 5.31. The van der Waals surface area contributed by atoms with Crippen molar-refractivity contribution in [1.82, 2.24) is 9.97 Å². The molecule has 21 heavy (non-hydrogen) atoms. The van der Waals surface area contributed by atoms with Crippen LogP contribution in [0.1, 0.15) is 23.0 Å². The van der Waals surface area contributed by atoms with E-state index in [1.165, 1.54) is 11.8 Å². The summed E-state index contributed by atoms with van der Waals surface area (Å²) in [6.45, 7) is 2.08. The van der Waals surface area contributed by atoms with Gasteiger partial charge in [0.05, 0.1) is 17.2 Å². The summed E-state index contributed by atoms with van der Waals surface area (Å²) in [5.74, 6) is 0.00431. The topological polar surface area (TPSA) is 52.1 Å². The highest BCUT2D eigenvalue weighted by molar-refractivity contribution is 5.90. The van der Waals surface area contributed by atoms with Crippen LogP contribution in [-0.2, 0) is 6.42 Å². The lowest BCUT2D eigenvalue weighted by Crippen LogP contribution is -2.11. The van der Waals surface area contributed by atoms with Crippen molar-refractivity contribution in [2.24, 2.45) is 0 Å². The first-order chi connectivity index (χ1) is 10.3. The van der Waals surface area contributed by atoms with E-state index in [0.717, 1.165) is 11.9 Å². The van der Waals surface area contributed by atoms with Gasteiger partial charge in [0.1, 0.15) is 5.75 Å². The summed E-state index contributed by atoms with van der Waals surface area (Å²) in [5.41, 5.74) is 2.82. The van der Waals surface area contributed by atoms with Gasteiger partial charge in [-0.05, 0) is 36.2 Å². The Morgan fingerprint density at radius 2 is 1.76 bits per heavy atom. The van der Waals surface area contributed by atoms with E-state index >= 15 is 0 Å². The van der Waals surface area contributed by atoms with E-state index in [2.05, 4.69) is 16.9 Å². The number of aryl methyl sites for hydroxylation is 1. The first-order valence-corrected chi connectivity index (χ1v) is 6.79. The van der Waals surface area contributed by atoms with Gasteiger partial charge in [0.15, 0.2) is 5.69 Å². The largest absolute Gasteiger partial charge is 0.422 e. The highest BCUT2D eigenvalue weighted by atomic mass is 16.5. The van der Waals surface area contributed by atoms with Crippen LogP contribution in [0.4, 0.5) is 0 Å². The molecule has 0 unspecified atom stereocenters. The second-order valence-corrected chi connectivity index (χ2v) is 4.63. The van der Waals surface area contributed by atoms with Gasteiger partial charge in [-0.1, -0.05) is 31.2 Å². The van der Waals surface area contributed by atoms with Gasteiger partial charge in [0, 0.05) is 0 Å². The molecule has 4 nitrogen and oxygen atoms in total. The maximum Gasteiger partial charge on any atom is 0.363 e. The first-order valence-electron chi connectivity index (χ1n) is 6.79. The Kier molecular flexibility index (Phi) is 3.60. The van der Waals surface area contributed by atoms with Gasteiger partial charge in [-0.15, -0.1) is 0 Å². The molecule has 0 fully saturated rings. The van der Waals surface area contributed by atoms with Gasteiger partial charge in [-0.25, -0.2) is 9.78 Å². The predicted octanol–water partition coefficient (Wildman–Crippen LogP) is 3.41. The second kappa shape index (κ2) is 5.71. The van der Waals surface area contributed by atoms with Crippen molar-refractivity contribution in [1.29, 1.82) is 0 Å². The van der Waals surface area contributed by atoms with Crippen molar-refractivity contribution in [3.63, 3.8) is 0 Å². The fraction of sp³-hybridized carbons (Fsp3) is 0.118. The molecule has 0 radical (unpaired) electrons. The van der Waals surface area contributed by atoms with Gasteiger partial charge in [0.25, 0.3) is 0 Å². The Labute approximate surface area is 122 Å². The van der Waals surface area contributed by atoms with Crippen LogP contribution < -0.4 is 4.74 Å². The van der Waals surface area contributed by atoms with E-state index in [1.807, 2.05) is 36.4 Å². The minimum atomic E-state index is -0.502. The number of carbonyl (C=O) groups excluding carboxylic acids is 1. The lowest BCUT2D eigenvalue weighted by molar-refractivity contribution is 0.0728. The summed E-state index contributed by atoms with van der Waals surface area (Å²) in [6.07, 6.45) is 2.38. The number of ether oxygens (including phenoxy) is 1. The van der Waals surface area contributed by atoms with Crippen molar-refractivity contribution in [3.8, 4) is 5.75 Å². The fourth-order valence-corrected chi connectivity index (χ4v) is 2.01. The maximum absolute atomic E-state index is 12.1. The molecule has 1 heterocycles. The Bertz CT molecular complexity index is 782. The average molecular weight is 278 g/mol. The Balaban J connectivity index is 1.82. The fourth-order valence-electron chi connectivity index (χ4n) is 2.01. The van der Waals surface area contributed by atoms with Crippen molar-refractivity contribution < 1.29 is 9.53 Å². The van der Waals surface area contributed by atoms with E-state index < -0.39 is 5.97 Å². The molecule has 0 atom stereocenters. The third kappa shape index (κ3) is 2.89. The van der Waals surface area contributed by atoms with Gasteiger partial charge in [0.2, 0.25) is 0 Å². The van der Waals surface area contributed by atoms with Crippen LogP contribution in [-0.4, -0.2) is 15.9 Å². The minimum Gasteiger partial charge on any atom is -0.422 e. The quantitative estimate of drug-likeness (QED) is 0.544. The van der Waals surface area contributed by atoms with Gasteiger partial charge < -0.3 is 4.74 Å². The first kappa shape index (κ1) is 13.2. The molecule has 0 spiro atoms. The Morgan fingerprint density at radius 3 is 2.48 bits per heavy atom. The third-order valence-corrected chi connectivity index (χ3v) is 3.20. The summed E-state index contributed by atoms with van der Waals surface area (Å²) in [7, 11) is 0. The van der Waals surface area contributed by atoms with Crippen molar-refractivity contribution in [3.05, 3.63) is 66.0 Å². The van der Waals surface area contributed by atoms with Crippen LogP contribution in [0.5, 0.6) is 5.75 Å². The van der Waals surface area contributed by atoms with Crippen LogP contribution in [0.2, 0.25) is 0 Å². The normalized spacial score (nSPS) is 10.5. The number of hydrogen-bond acceptors (Lipinski definition) is 4. The van der Waals surface area contributed by atoms with Crippen LogP contribution >= 0.6 is 0 Å². The average Bonchev–Trinajstić information content (AvgIpc) is 2.55. The van der Waals surface area contributed by atoms with E-state index in [9.17, 15) is 4.79 Å². The maximum atomic E-state index is 12.1. The number of benzene rings is 2. The zero-order valence-corrected chi connectivity index (χ0v) is 11.6. The number of aromatic nitrogens is 2. The predicted molar refractivity (Wildman–Crippen MR) is 80.3 cm³/mol. The lowest BCUT2D eigenvalue weighted by Gasteiger charge is -2.05. The van der Waals surface area contributed by atoms with E-state index in [1.54, 1.807) is 12.1 Å². The number of hydrogen-bond donors (Lipinski definition) is 0. The standard InChI is InChI=1S/C17H14N2O2/c1-2-12-7-9-13(10-8-12)21-17(20)16-11-18-14-5-3-4-6-15(14)19-16/h3-11H,2H2,1H3. The SMILES string of the molecule is CCc1ccc(OC(=O)c2cnc3ccccc3n2)cc1. The Hall–Kier alpha value is -2.75. The number of carbonyl (C=O) groups is 1. The molecule has 0 saturated carbocycles. The third-order valence-electron chi connectivity index (χ3n) is 3.20. The van der Waals surface area contributed by atoms with E-state index in [0.29, 0.717) is 11.3 Å². The van der Waals surface area contributed by atoms with E-state index in [-0.39, 0.29) is 5.69 Å². The van der Waals surface area contributed by atoms with Crippen LogP contribution in [0.3, 0.4) is 0 Å². The zero-order valence-electron chi connectivity index (χ0n) is 11.6. The zero-order chi connectivity index (χ0) is 14.7. The summed E-state index contributed by atoms with van der Waals surface area (Å²) in [6, 6.07) is 14.8. The summed E-state index contributed by atoms with van der Waals surface area (Å²) >= 11 is 0. The van der Waals surface area contributed by atoms with Crippen molar-refractivity contribution in [2.75, 3.05) is 0 Å². The summed E-state index contributed by atoms with van der Waals surface area (Å²) in [4.78, 5) is 20.6. The molecule has 0 N–H and O–H groups in total. The number of para-hydroxylation sites is 2. The molecule has 0 amide bonds. The van der Waals surface area contributed by atoms with Gasteiger partial charge in [-0.2, -0.15) is 0 Å². The molecule has 0 saturated heterocycles. The van der Waals surface area contributed by atoms with E-state index in [4.69, 9.17) is 4.74 Å². The van der Waals surface area contributed by atoms with Crippen LogP contribution in [0.15, 0.2) is 54.7 Å². The molecule has 0 aliphatic rings. The van der Waals surface area contributed by atoms with Crippen LogP contribution in [0, 0.1) is 0 Å². The van der Waals surface area contributed by atoms with Crippen molar-refractivity contribution >= 4 is 17.0 Å². The van der Waals surface area contributed by atoms with Crippen LogP contribution in [0.25, 0.3) is 11.0 Å². The molecule has 0 bridgehead atoms. The molecule has 0 aliphatic heterocycles. The summed E-state index contributed by atoms with van der Waals surface area (Å²) in [5, 5.41) is 0. The van der Waals surface area contributed by atoms with Crippen molar-refractivity contribution in [2.45, 2.75) is 13.3 Å². The molecule has 0 aliphatic carbocycles. The number of nitrogens with zero attached hydrogens (tertiary/aromatic N) is 2. The highest BCUT2D eigenvalue weighted by Gasteiger charge is 2.11. The molecule has 4 heteroatoms. The monoisotopic (exact) mass is 278 g/mol. The number of rotatable bonds is 3. The molecule has 1 aromatic heterocycles. The minimum absolute atomic E-state index is 0.202. The number of esters is 1. The second-order valence-electron chi connectivity index (χ2n) is 4.63. The molecule has 104 valence electrons. The van der Waals surface area contributed by atoms with Gasteiger partial charge >= 0.3 is 5.97 Å². The smallest absolute Gasteiger partial charge is 0.363 e. The van der Waals surface area contributed by atoms with Gasteiger partial charge in [-0.3, -0.25) is 4.98 Å². The molecular weight excluding hydrogens is 264 g/mol. The molecular formula is C17H14N2O2. The highest BCUT2D eigenvalue weighted by Crippen LogP contribution is 2.15. The molecule has 3 aromatic rings. The molecule has 2 aromatic carbocycles. The number of fused-ring (bicyclic) bond motifs is 1. The lowest BCUT2D eigenvalue weighted by atomic mass is 10.2. The molecule has 3 rings (SSSR count).